The van der Waals surface area contributed by atoms with Crippen molar-refractivity contribution in [1.29, 1.82) is 0 Å². The molecule has 0 saturated heterocycles. The molecule has 0 amide bonds. The quantitative estimate of drug-likeness (QED) is 0.910. The van der Waals surface area contributed by atoms with Crippen molar-refractivity contribution in [3.63, 3.8) is 0 Å². The Kier molecular flexibility index (Phi) is 3.75. The predicted octanol–water partition coefficient (Wildman–Crippen LogP) is 2.28. The molecule has 2 aromatic rings. The van der Waals surface area contributed by atoms with Gasteiger partial charge in [0.2, 0.25) is 10.0 Å². The molecule has 6 heteroatoms. The number of halogens is 1. The van der Waals surface area contributed by atoms with Gasteiger partial charge in [-0.2, -0.15) is 0 Å². The topological polar surface area (TPSA) is 66.4 Å². The molecule has 2 aromatic carbocycles. The molecule has 110 valence electrons. The zero-order valence-corrected chi connectivity index (χ0v) is 12.6. The Labute approximate surface area is 128 Å². The first-order valence-corrected chi connectivity index (χ1v) is 8.37. The second-order valence-corrected chi connectivity index (χ2v) is 7.18. The highest BCUT2D eigenvalue weighted by Crippen LogP contribution is 2.32. The molecule has 0 aromatic heterocycles. The Balaban J connectivity index is 1.93. The Bertz CT molecular complexity index is 776. The lowest BCUT2D eigenvalue weighted by atomic mass is 10.1. The van der Waals surface area contributed by atoms with Crippen molar-refractivity contribution in [3.8, 4) is 0 Å². The van der Waals surface area contributed by atoms with Crippen molar-refractivity contribution in [2.45, 2.75) is 23.5 Å². The van der Waals surface area contributed by atoms with Gasteiger partial charge in [0.25, 0.3) is 0 Å². The summed E-state index contributed by atoms with van der Waals surface area (Å²) in [6.45, 7) is 0. The molecule has 2 atom stereocenters. The van der Waals surface area contributed by atoms with E-state index in [9.17, 15) is 13.5 Å². The van der Waals surface area contributed by atoms with Crippen molar-refractivity contribution in [2.75, 3.05) is 0 Å². The van der Waals surface area contributed by atoms with Crippen molar-refractivity contribution in [2.24, 2.45) is 0 Å². The molecule has 0 saturated carbocycles. The molecule has 0 bridgehead atoms. The third kappa shape index (κ3) is 2.82. The van der Waals surface area contributed by atoms with Gasteiger partial charge >= 0.3 is 0 Å². The van der Waals surface area contributed by atoms with Gasteiger partial charge in [-0.1, -0.05) is 41.9 Å². The molecule has 21 heavy (non-hydrogen) atoms. The molecule has 3 rings (SSSR count). The highest BCUT2D eigenvalue weighted by atomic mass is 35.5. The normalized spacial score (nSPS) is 21.2. The molecule has 4 nitrogen and oxygen atoms in total. The molecule has 0 heterocycles. The molecular formula is C15H14ClNO3S. The standard InChI is InChI=1S/C15H14ClNO3S/c16-11-5-3-6-12(9-11)21(19,20)17-15-13-7-2-1-4-10(13)8-14(15)18/h1-7,9,14-15,17-18H,8H2. The summed E-state index contributed by atoms with van der Waals surface area (Å²) in [5.41, 5.74) is 1.78. The van der Waals surface area contributed by atoms with E-state index in [0.717, 1.165) is 11.1 Å². The van der Waals surface area contributed by atoms with Crippen LogP contribution in [0.25, 0.3) is 0 Å². The van der Waals surface area contributed by atoms with E-state index in [4.69, 9.17) is 11.6 Å². The van der Waals surface area contributed by atoms with Crippen LogP contribution in [0.2, 0.25) is 5.02 Å². The number of aliphatic hydroxyl groups is 1. The fraction of sp³-hybridized carbons (Fsp3) is 0.200. The molecule has 0 aliphatic heterocycles. The van der Waals surface area contributed by atoms with E-state index in [1.165, 1.54) is 12.1 Å². The number of fused-ring (bicyclic) bond motifs is 1. The summed E-state index contributed by atoms with van der Waals surface area (Å²) < 4.78 is 27.4. The monoisotopic (exact) mass is 323 g/mol. The van der Waals surface area contributed by atoms with Crippen molar-refractivity contribution in [3.05, 3.63) is 64.7 Å². The maximum atomic E-state index is 12.4. The molecule has 1 aliphatic carbocycles. The van der Waals surface area contributed by atoms with Crippen LogP contribution in [0.4, 0.5) is 0 Å². The van der Waals surface area contributed by atoms with Gasteiger partial charge < -0.3 is 5.11 Å². The smallest absolute Gasteiger partial charge is 0.241 e. The van der Waals surface area contributed by atoms with Crippen LogP contribution in [0.15, 0.2) is 53.4 Å². The number of nitrogens with one attached hydrogen (secondary N) is 1. The third-order valence-electron chi connectivity index (χ3n) is 3.59. The third-order valence-corrected chi connectivity index (χ3v) is 5.27. The van der Waals surface area contributed by atoms with Crippen LogP contribution in [0, 0.1) is 0 Å². The van der Waals surface area contributed by atoms with E-state index in [1.54, 1.807) is 12.1 Å². The minimum Gasteiger partial charge on any atom is -0.391 e. The first-order chi connectivity index (χ1) is 9.97. The second-order valence-electron chi connectivity index (χ2n) is 5.03. The molecule has 1 aliphatic rings. The minimum atomic E-state index is -3.74. The Morgan fingerprint density at radius 2 is 1.90 bits per heavy atom. The lowest BCUT2D eigenvalue weighted by Gasteiger charge is -2.18. The summed E-state index contributed by atoms with van der Waals surface area (Å²) in [6.07, 6.45) is -0.324. The van der Waals surface area contributed by atoms with E-state index in [0.29, 0.717) is 11.4 Å². The van der Waals surface area contributed by atoms with Crippen LogP contribution in [-0.2, 0) is 16.4 Å². The second kappa shape index (κ2) is 5.42. The average Bonchev–Trinajstić information content (AvgIpc) is 2.75. The fourth-order valence-electron chi connectivity index (χ4n) is 2.59. The fourth-order valence-corrected chi connectivity index (χ4v) is 4.13. The number of hydrogen-bond donors (Lipinski definition) is 2. The van der Waals surface area contributed by atoms with Crippen LogP contribution in [0.3, 0.4) is 0 Å². The summed E-state index contributed by atoms with van der Waals surface area (Å²) in [5.74, 6) is 0. The molecule has 2 unspecified atom stereocenters. The van der Waals surface area contributed by atoms with Gasteiger partial charge in [0.15, 0.2) is 0 Å². The summed E-state index contributed by atoms with van der Waals surface area (Å²) in [7, 11) is -3.74. The lowest BCUT2D eigenvalue weighted by molar-refractivity contribution is 0.151. The van der Waals surface area contributed by atoms with Gasteiger partial charge in [0, 0.05) is 11.4 Å². The van der Waals surface area contributed by atoms with Gasteiger partial charge in [-0.25, -0.2) is 13.1 Å². The number of sulfonamides is 1. The molecule has 0 fully saturated rings. The lowest BCUT2D eigenvalue weighted by Crippen LogP contribution is -2.33. The highest BCUT2D eigenvalue weighted by molar-refractivity contribution is 7.89. The van der Waals surface area contributed by atoms with Crippen LogP contribution in [-0.4, -0.2) is 19.6 Å². The van der Waals surface area contributed by atoms with Crippen LogP contribution >= 0.6 is 11.6 Å². The summed E-state index contributed by atoms with van der Waals surface area (Å²) in [5, 5.41) is 10.5. The first kappa shape index (κ1) is 14.5. The Morgan fingerprint density at radius 1 is 1.14 bits per heavy atom. The molecular weight excluding hydrogens is 310 g/mol. The van der Waals surface area contributed by atoms with E-state index in [1.807, 2.05) is 24.3 Å². The summed E-state index contributed by atoms with van der Waals surface area (Å²) >= 11 is 5.84. The molecule has 0 spiro atoms. The van der Waals surface area contributed by atoms with E-state index >= 15 is 0 Å². The Hall–Kier alpha value is -1.40. The number of aliphatic hydroxyl groups excluding tert-OH is 1. The van der Waals surface area contributed by atoms with Gasteiger partial charge in [-0.05, 0) is 29.3 Å². The predicted molar refractivity (Wildman–Crippen MR) is 80.7 cm³/mol. The minimum absolute atomic E-state index is 0.0894. The van der Waals surface area contributed by atoms with E-state index < -0.39 is 22.2 Å². The van der Waals surface area contributed by atoms with Crippen molar-refractivity contribution < 1.29 is 13.5 Å². The largest absolute Gasteiger partial charge is 0.391 e. The SMILES string of the molecule is O=S(=O)(NC1c2ccccc2CC1O)c1cccc(Cl)c1. The maximum absolute atomic E-state index is 12.4. The van der Waals surface area contributed by atoms with E-state index in [2.05, 4.69) is 4.72 Å². The van der Waals surface area contributed by atoms with Gasteiger partial charge in [0.05, 0.1) is 17.0 Å². The number of hydrogen-bond acceptors (Lipinski definition) is 3. The summed E-state index contributed by atoms with van der Waals surface area (Å²) in [4.78, 5) is 0.0894. The zero-order chi connectivity index (χ0) is 15.0. The molecule has 0 radical (unpaired) electrons. The first-order valence-electron chi connectivity index (χ1n) is 6.51. The van der Waals surface area contributed by atoms with Gasteiger partial charge in [-0.3, -0.25) is 0 Å². The van der Waals surface area contributed by atoms with Crippen LogP contribution in [0.1, 0.15) is 17.2 Å². The van der Waals surface area contributed by atoms with Crippen molar-refractivity contribution in [1.82, 2.24) is 4.72 Å². The summed E-state index contributed by atoms with van der Waals surface area (Å²) in [6, 6.07) is 12.8. The van der Waals surface area contributed by atoms with Crippen molar-refractivity contribution >= 4 is 21.6 Å². The number of rotatable bonds is 3. The zero-order valence-electron chi connectivity index (χ0n) is 11.0. The Morgan fingerprint density at radius 3 is 2.67 bits per heavy atom. The van der Waals surface area contributed by atoms with Crippen LogP contribution in [0.5, 0.6) is 0 Å². The number of benzene rings is 2. The highest BCUT2D eigenvalue weighted by Gasteiger charge is 2.34. The van der Waals surface area contributed by atoms with Crippen LogP contribution < -0.4 is 4.72 Å². The average molecular weight is 324 g/mol. The van der Waals surface area contributed by atoms with Gasteiger partial charge in [0.1, 0.15) is 0 Å². The van der Waals surface area contributed by atoms with Gasteiger partial charge in [-0.15, -0.1) is 0 Å². The maximum Gasteiger partial charge on any atom is 0.241 e. The molecule has 2 N–H and O–H groups in total. The van der Waals surface area contributed by atoms with E-state index in [-0.39, 0.29) is 4.90 Å².